The van der Waals surface area contributed by atoms with E-state index >= 15 is 0 Å². The quantitative estimate of drug-likeness (QED) is 0.943. The van der Waals surface area contributed by atoms with Crippen LogP contribution in [-0.2, 0) is 27.1 Å². The van der Waals surface area contributed by atoms with Gasteiger partial charge in [0.25, 0.3) is 0 Å². The summed E-state index contributed by atoms with van der Waals surface area (Å²) in [5.74, 6) is 0. The number of halogens is 1. The molecule has 0 saturated carbocycles. The average Bonchev–Trinajstić information content (AvgIpc) is 2.79. The van der Waals surface area contributed by atoms with E-state index in [1.165, 1.54) is 0 Å². The molecule has 0 aromatic carbocycles. The lowest BCUT2D eigenvalue weighted by Crippen LogP contribution is -2.06. The van der Waals surface area contributed by atoms with Crippen LogP contribution in [0.4, 0.5) is 5.69 Å². The largest absolute Gasteiger partial charge is 0.377 e. The minimum absolute atomic E-state index is 0.733. The number of anilines is 1. The van der Waals surface area contributed by atoms with Crippen molar-refractivity contribution < 1.29 is 0 Å². The van der Waals surface area contributed by atoms with Crippen molar-refractivity contribution in [2.75, 3.05) is 5.32 Å². The molecular formula is C12H18BrN5. The third-order valence-electron chi connectivity index (χ3n) is 2.95. The molecule has 6 heteroatoms. The first-order chi connectivity index (χ1) is 8.52. The molecule has 0 fully saturated rings. The van der Waals surface area contributed by atoms with Crippen molar-refractivity contribution in [2.45, 2.75) is 26.8 Å². The molecule has 2 aromatic heterocycles. The lowest BCUT2D eigenvalue weighted by atomic mass is 10.3. The summed E-state index contributed by atoms with van der Waals surface area (Å²) in [6.07, 6.45) is 2.94. The van der Waals surface area contributed by atoms with Crippen LogP contribution in [0.1, 0.15) is 24.0 Å². The van der Waals surface area contributed by atoms with Gasteiger partial charge in [0.2, 0.25) is 0 Å². The first kappa shape index (κ1) is 13.1. The summed E-state index contributed by atoms with van der Waals surface area (Å²) in [5.41, 5.74) is 4.33. The van der Waals surface area contributed by atoms with Crippen LogP contribution in [0.5, 0.6) is 0 Å². The van der Waals surface area contributed by atoms with Gasteiger partial charge >= 0.3 is 0 Å². The molecule has 0 atom stereocenters. The highest BCUT2D eigenvalue weighted by Gasteiger charge is 2.11. The zero-order valence-corrected chi connectivity index (χ0v) is 12.7. The highest BCUT2D eigenvalue weighted by Crippen LogP contribution is 2.22. The molecule has 5 nitrogen and oxygen atoms in total. The van der Waals surface area contributed by atoms with E-state index in [9.17, 15) is 0 Å². The zero-order valence-electron chi connectivity index (χ0n) is 11.2. The smallest absolute Gasteiger partial charge is 0.0853 e. The summed E-state index contributed by atoms with van der Waals surface area (Å²) >= 11 is 3.57. The van der Waals surface area contributed by atoms with Gasteiger partial charge in [-0.15, -0.1) is 0 Å². The van der Waals surface area contributed by atoms with Gasteiger partial charge in [-0.05, 0) is 29.3 Å². The van der Waals surface area contributed by atoms with E-state index in [0.717, 1.165) is 40.2 Å². The maximum Gasteiger partial charge on any atom is 0.0853 e. The van der Waals surface area contributed by atoms with Crippen molar-refractivity contribution >= 4 is 21.6 Å². The Bertz CT molecular complexity index is 555. The molecule has 0 spiro atoms. The van der Waals surface area contributed by atoms with Crippen molar-refractivity contribution in [2.24, 2.45) is 14.1 Å². The molecule has 1 N–H and O–H groups in total. The molecule has 18 heavy (non-hydrogen) atoms. The molecule has 2 rings (SSSR count). The third kappa shape index (κ3) is 2.43. The second kappa shape index (κ2) is 5.14. The van der Waals surface area contributed by atoms with E-state index in [4.69, 9.17) is 0 Å². The van der Waals surface area contributed by atoms with Crippen LogP contribution in [0.25, 0.3) is 0 Å². The topological polar surface area (TPSA) is 47.7 Å². The molecule has 0 amide bonds. The number of rotatable bonds is 4. The molecule has 2 aromatic rings. The maximum atomic E-state index is 4.41. The summed E-state index contributed by atoms with van der Waals surface area (Å²) in [7, 11) is 3.90. The first-order valence-corrected chi connectivity index (χ1v) is 6.76. The summed E-state index contributed by atoms with van der Waals surface area (Å²) in [4.78, 5) is 0. The van der Waals surface area contributed by atoms with Gasteiger partial charge in [0.15, 0.2) is 0 Å². The lowest BCUT2D eigenvalue weighted by molar-refractivity contribution is 0.712. The minimum Gasteiger partial charge on any atom is -0.377 e. The highest BCUT2D eigenvalue weighted by atomic mass is 79.9. The number of hydrogen-bond donors (Lipinski definition) is 1. The van der Waals surface area contributed by atoms with E-state index in [1.54, 1.807) is 0 Å². The molecule has 0 radical (unpaired) electrons. The summed E-state index contributed by atoms with van der Waals surface area (Å²) < 4.78 is 4.80. The Morgan fingerprint density at radius 1 is 1.33 bits per heavy atom. The zero-order chi connectivity index (χ0) is 13.3. The van der Waals surface area contributed by atoms with Gasteiger partial charge in [-0.2, -0.15) is 10.2 Å². The van der Waals surface area contributed by atoms with E-state index in [2.05, 4.69) is 38.4 Å². The lowest BCUT2D eigenvalue weighted by Gasteiger charge is -2.06. The molecule has 0 aliphatic rings. The van der Waals surface area contributed by atoms with E-state index in [-0.39, 0.29) is 0 Å². The Labute approximate surface area is 115 Å². The fraction of sp³-hybridized carbons (Fsp3) is 0.500. The maximum absolute atomic E-state index is 4.41. The summed E-state index contributed by atoms with van der Waals surface area (Å²) in [5, 5.41) is 12.2. The molecule has 2 heterocycles. The van der Waals surface area contributed by atoms with E-state index in [1.807, 2.05) is 36.6 Å². The SMILES string of the molecule is CCc1nn(C)cc1NCc1c(Br)c(C)nn1C. The van der Waals surface area contributed by atoms with Crippen molar-refractivity contribution in [3.63, 3.8) is 0 Å². The average molecular weight is 312 g/mol. The van der Waals surface area contributed by atoms with Gasteiger partial charge in [0, 0.05) is 20.3 Å². The van der Waals surface area contributed by atoms with Crippen molar-refractivity contribution in [3.05, 3.63) is 27.8 Å². The molecule has 0 aliphatic heterocycles. The van der Waals surface area contributed by atoms with Crippen LogP contribution in [0, 0.1) is 6.92 Å². The van der Waals surface area contributed by atoms with Crippen LogP contribution >= 0.6 is 15.9 Å². The summed E-state index contributed by atoms with van der Waals surface area (Å²) in [6.45, 7) is 4.84. The van der Waals surface area contributed by atoms with Gasteiger partial charge in [-0.1, -0.05) is 6.92 Å². The minimum atomic E-state index is 0.733. The molecule has 98 valence electrons. The standard InChI is InChI=1S/C12H18BrN5/c1-5-9-10(7-17(3)16-9)14-6-11-12(13)8(2)15-18(11)4/h7,14H,5-6H2,1-4H3. The molecule has 0 unspecified atom stereocenters. The Morgan fingerprint density at radius 3 is 2.61 bits per heavy atom. The molecule has 0 bridgehead atoms. The second-order valence-electron chi connectivity index (χ2n) is 4.34. The van der Waals surface area contributed by atoms with E-state index in [0.29, 0.717) is 0 Å². The normalized spacial score (nSPS) is 10.9. The Balaban J connectivity index is 2.16. The number of nitrogens with one attached hydrogen (secondary N) is 1. The molecule has 0 saturated heterocycles. The van der Waals surface area contributed by atoms with Crippen molar-refractivity contribution in [3.8, 4) is 0 Å². The van der Waals surface area contributed by atoms with Crippen LogP contribution in [0.15, 0.2) is 10.7 Å². The number of nitrogens with zero attached hydrogens (tertiary/aromatic N) is 4. The van der Waals surface area contributed by atoms with Crippen molar-refractivity contribution in [1.82, 2.24) is 19.6 Å². The number of aromatic nitrogens is 4. The third-order valence-corrected chi connectivity index (χ3v) is 3.98. The predicted molar refractivity (Wildman–Crippen MR) is 75.6 cm³/mol. The number of hydrogen-bond acceptors (Lipinski definition) is 3. The monoisotopic (exact) mass is 311 g/mol. The predicted octanol–water partition coefficient (Wildman–Crippen LogP) is 2.40. The first-order valence-electron chi connectivity index (χ1n) is 5.97. The highest BCUT2D eigenvalue weighted by molar-refractivity contribution is 9.10. The fourth-order valence-electron chi connectivity index (χ4n) is 1.99. The van der Waals surface area contributed by atoms with Crippen LogP contribution in [0.2, 0.25) is 0 Å². The summed E-state index contributed by atoms with van der Waals surface area (Å²) in [6, 6.07) is 0. The van der Waals surface area contributed by atoms with Gasteiger partial charge in [-0.3, -0.25) is 9.36 Å². The van der Waals surface area contributed by atoms with E-state index < -0.39 is 0 Å². The van der Waals surface area contributed by atoms with Crippen LogP contribution in [-0.4, -0.2) is 19.6 Å². The Kier molecular flexibility index (Phi) is 3.75. The Morgan fingerprint density at radius 2 is 2.06 bits per heavy atom. The molecule has 0 aliphatic carbocycles. The second-order valence-corrected chi connectivity index (χ2v) is 5.13. The van der Waals surface area contributed by atoms with Gasteiger partial charge < -0.3 is 5.32 Å². The van der Waals surface area contributed by atoms with Crippen molar-refractivity contribution in [1.29, 1.82) is 0 Å². The Hall–Kier alpha value is -1.30. The number of aryl methyl sites for hydroxylation is 4. The van der Waals surface area contributed by atoms with Crippen LogP contribution in [0.3, 0.4) is 0 Å². The fourth-order valence-corrected chi connectivity index (χ4v) is 2.47. The van der Waals surface area contributed by atoms with Gasteiger partial charge in [-0.25, -0.2) is 0 Å². The molecular weight excluding hydrogens is 294 g/mol. The van der Waals surface area contributed by atoms with Gasteiger partial charge in [0.05, 0.1) is 33.8 Å². The van der Waals surface area contributed by atoms with Crippen LogP contribution < -0.4 is 5.32 Å². The van der Waals surface area contributed by atoms with Gasteiger partial charge in [0.1, 0.15) is 0 Å².